The van der Waals surface area contributed by atoms with E-state index >= 15 is 0 Å². The number of benzene rings is 2. The largest absolute Gasteiger partial charge is 0.346 e. The number of nitrogens with zero attached hydrogens (tertiary/aromatic N) is 1. The molecular weight excluding hydrogens is 333 g/mol. The van der Waals surface area contributed by atoms with E-state index in [1.807, 2.05) is 32.0 Å². The Labute approximate surface area is 153 Å². The summed E-state index contributed by atoms with van der Waals surface area (Å²) in [4.78, 5) is 25.7. The second-order valence-corrected chi connectivity index (χ2v) is 6.34. The minimum atomic E-state index is -0.298. The van der Waals surface area contributed by atoms with Gasteiger partial charge >= 0.3 is 0 Å². The van der Waals surface area contributed by atoms with Crippen molar-refractivity contribution in [2.24, 2.45) is 0 Å². The van der Waals surface area contributed by atoms with Gasteiger partial charge in [0.2, 0.25) is 11.8 Å². The highest BCUT2D eigenvalue weighted by Gasteiger charge is 2.11. The number of likely N-dealkylation sites (N-methyl/N-ethyl adjacent to an activating group) is 1. The van der Waals surface area contributed by atoms with Gasteiger partial charge in [0.15, 0.2) is 0 Å². The van der Waals surface area contributed by atoms with Crippen molar-refractivity contribution in [3.63, 3.8) is 0 Å². The molecule has 0 bridgehead atoms. The van der Waals surface area contributed by atoms with Crippen LogP contribution in [0, 0.1) is 19.7 Å². The maximum absolute atomic E-state index is 13.6. The SMILES string of the molecule is Cc1cccc(NC(=O)CNC(=O)CN(C)Cc2ccccc2F)c1C. The van der Waals surface area contributed by atoms with Crippen molar-refractivity contribution >= 4 is 17.5 Å². The van der Waals surface area contributed by atoms with E-state index in [-0.39, 0.29) is 30.7 Å². The number of rotatable bonds is 7. The van der Waals surface area contributed by atoms with Crippen LogP contribution in [0.4, 0.5) is 10.1 Å². The first-order valence-electron chi connectivity index (χ1n) is 8.41. The van der Waals surface area contributed by atoms with Gasteiger partial charge in [-0.05, 0) is 44.2 Å². The molecule has 0 aliphatic rings. The Morgan fingerprint density at radius 3 is 2.50 bits per heavy atom. The number of carbonyl (C=O) groups excluding carboxylic acids is 2. The van der Waals surface area contributed by atoms with Crippen molar-refractivity contribution in [1.82, 2.24) is 10.2 Å². The van der Waals surface area contributed by atoms with Gasteiger partial charge in [-0.15, -0.1) is 0 Å². The van der Waals surface area contributed by atoms with Crippen LogP contribution < -0.4 is 10.6 Å². The highest BCUT2D eigenvalue weighted by atomic mass is 19.1. The summed E-state index contributed by atoms with van der Waals surface area (Å²) in [5, 5.41) is 5.37. The fourth-order valence-electron chi connectivity index (χ4n) is 2.53. The summed E-state index contributed by atoms with van der Waals surface area (Å²) >= 11 is 0. The molecule has 0 aliphatic carbocycles. The topological polar surface area (TPSA) is 61.4 Å². The van der Waals surface area contributed by atoms with E-state index in [9.17, 15) is 14.0 Å². The number of anilines is 1. The molecule has 0 atom stereocenters. The standard InChI is InChI=1S/C20H24FN3O2/c1-14-7-6-10-18(15(14)2)23-19(25)11-22-20(26)13-24(3)12-16-8-4-5-9-17(16)21/h4-10H,11-13H2,1-3H3,(H,22,26)(H,23,25). The molecule has 0 aromatic heterocycles. The van der Waals surface area contributed by atoms with Crippen molar-refractivity contribution in [2.45, 2.75) is 20.4 Å². The van der Waals surface area contributed by atoms with Crippen molar-refractivity contribution in [3.8, 4) is 0 Å². The molecule has 6 heteroatoms. The molecule has 0 heterocycles. The zero-order valence-corrected chi connectivity index (χ0v) is 15.3. The van der Waals surface area contributed by atoms with Crippen LogP contribution in [0.15, 0.2) is 42.5 Å². The summed E-state index contributed by atoms with van der Waals surface area (Å²) in [5.74, 6) is -0.878. The van der Waals surface area contributed by atoms with Crippen LogP contribution in [0.3, 0.4) is 0 Å². The Bertz CT molecular complexity index is 792. The molecule has 2 N–H and O–H groups in total. The Kier molecular flexibility index (Phi) is 6.86. The van der Waals surface area contributed by atoms with Crippen molar-refractivity contribution in [3.05, 3.63) is 65.0 Å². The molecule has 0 radical (unpaired) electrons. The fraction of sp³-hybridized carbons (Fsp3) is 0.300. The van der Waals surface area contributed by atoms with Crippen molar-refractivity contribution in [1.29, 1.82) is 0 Å². The van der Waals surface area contributed by atoms with Crippen LogP contribution in [0.5, 0.6) is 0 Å². The van der Waals surface area contributed by atoms with E-state index in [1.165, 1.54) is 6.07 Å². The third-order valence-corrected chi connectivity index (χ3v) is 4.14. The van der Waals surface area contributed by atoms with Crippen LogP contribution in [0.1, 0.15) is 16.7 Å². The minimum Gasteiger partial charge on any atom is -0.346 e. The molecule has 0 saturated heterocycles. The van der Waals surface area contributed by atoms with Gasteiger partial charge in [0.25, 0.3) is 0 Å². The predicted molar refractivity (Wildman–Crippen MR) is 100 cm³/mol. The number of amides is 2. The van der Waals surface area contributed by atoms with Gasteiger partial charge in [-0.25, -0.2) is 4.39 Å². The van der Waals surface area contributed by atoms with Gasteiger partial charge < -0.3 is 10.6 Å². The maximum atomic E-state index is 13.6. The van der Waals surface area contributed by atoms with Crippen molar-refractivity contribution in [2.75, 3.05) is 25.5 Å². The first kappa shape index (κ1) is 19.6. The highest BCUT2D eigenvalue weighted by molar-refractivity contribution is 5.95. The van der Waals surface area contributed by atoms with Crippen LogP contribution in [-0.4, -0.2) is 36.9 Å². The lowest BCUT2D eigenvalue weighted by Crippen LogP contribution is -2.39. The summed E-state index contributed by atoms with van der Waals surface area (Å²) < 4.78 is 13.6. The zero-order valence-electron chi connectivity index (χ0n) is 15.3. The number of carbonyl (C=O) groups is 2. The van der Waals surface area contributed by atoms with Gasteiger partial charge in [0, 0.05) is 17.8 Å². The Balaban J connectivity index is 1.78. The normalized spacial score (nSPS) is 10.7. The number of aryl methyl sites for hydroxylation is 1. The van der Waals surface area contributed by atoms with E-state index in [2.05, 4.69) is 10.6 Å². The molecule has 26 heavy (non-hydrogen) atoms. The molecule has 2 rings (SSSR count). The summed E-state index contributed by atoms with van der Waals surface area (Å²) in [6, 6.07) is 12.1. The number of nitrogens with one attached hydrogen (secondary N) is 2. The van der Waals surface area contributed by atoms with Crippen LogP contribution in [-0.2, 0) is 16.1 Å². The van der Waals surface area contributed by atoms with Crippen LogP contribution >= 0.6 is 0 Å². The molecule has 0 spiro atoms. The van der Waals surface area contributed by atoms with Crippen LogP contribution in [0.25, 0.3) is 0 Å². The van der Waals surface area contributed by atoms with E-state index in [4.69, 9.17) is 0 Å². The molecule has 2 aromatic carbocycles. The Morgan fingerprint density at radius 2 is 1.77 bits per heavy atom. The second-order valence-electron chi connectivity index (χ2n) is 6.34. The lowest BCUT2D eigenvalue weighted by molar-refractivity contribution is -0.124. The maximum Gasteiger partial charge on any atom is 0.243 e. The predicted octanol–water partition coefficient (Wildman–Crippen LogP) is 2.63. The molecular formula is C20H24FN3O2. The van der Waals surface area contributed by atoms with Gasteiger partial charge in [-0.1, -0.05) is 30.3 Å². The smallest absolute Gasteiger partial charge is 0.243 e. The minimum absolute atomic E-state index is 0.0745. The number of hydrogen-bond acceptors (Lipinski definition) is 3. The number of halogens is 1. The summed E-state index contributed by atoms with van der Waals surface area (Å²) in [6.45, 7) is 4.18. The molecule has 0 saturated carbocycles. The van der Waals surface area contributed by atoms with Gasteiger partial charge in [-0.3, -0.25) is 14.5 Å². The summed E-state index contributed by atoms with van der Waals surface area (Å²) in [6.07, 6.45) is 0. The molecule has 0 unspecified atom stereocenters. The molecule has 2 aromatic rings. The summed E-state index contributed by atoms with van der Waals surface area (Å²) in [7, 11) is 1.72. The quantitative estimate of drug-likeness (QED) is 0.801. The van der Waals surface area contributed by atoms with Crippen molar-refractivity contribution < 1.29 is 14.0 Å². The molecule has 138 valence electrons. The zero-order chi connectivity index (χ0) is 19.1. The third kappa shape index (κ3) is 5.67. The first-order valence-corrected chi connectivity index (χ1v) is 8.41. The third-order valence-electron chi connectivity index (χ3n) is 4.14. The van der Waals surface area contributed by atoms with Gasteiger partial charge in [0.05, 0.1) is 13.1 Å². The monoisotopic (exact) mass is 357 g/mol. The summed E-state index contributed by atoms with van der Waals surface area (Å²) in [5.41, 5.74) is 3.34. The number of hydrogen-bond donors (Lipinski definition) is 2. The average molecular weight is 357 g/mol. The Morgan fingerprint density at radius 1 is 1.04 bits per heavy atom. The van der Waals surface area contributed by atoms with Gasteiger partial charge in [-0.2, -0.15) is 0 Å². The van der Waals surface area contributed by atoms with Crippen LogP contribution in [0.2, 0.25) is 0 Å². The fourth-order valence-corrected chi connectivity index (χ4v) is 2.53. The molecule has 0 fully saturated rings. The van der Waals surface area contributed by atoms with E-state index < -0.39 is 0 Å². The molecule has 0 aliphatic heterocycles. The molecule has 5 nitrogen and oxygen atoms in total. The lowest BCUT2D eigenvalue weighted by atomic mass is 10.1. The average Bonchev–Trinajstić information content (AvgIpc) is 2.59. The first-order chi connectivity index (χ1) is 12.4. The Hall–Kier alpha value is -2.73. The van der Waals surface area contributed by atoms with E-state index in [1.54, 1.807) is 30.1 Å². The molecule has 2 amide bonds. The lowest BCUT2D eigenvalue weighted by Gasteiger charge is -2.17. The van der Waals surface area contributed by atoms with Gasteiger partial charge in [0.1, 0.15) is 5.82 Å². The van der Waals surface area contributed by atoms with E-state index in [0.29, 0.717) is 12.1 Å². The van der Waals surface area contributed by atoms with E-state index in [0.717, 1.165) is 16.8 Å². The second kappa shape index (κ2) is 9.10. The highest BCUT2D eigenvalue weighted by Crippen LogP contribution is 2.17.